The summed E-state index contributed by atoms with van der Waals surface area (Å²) in [4.78, 5) is 22.9. The Bertz CT molecular complexity index is 517. The van der Waals surface area contributed by atoms with Gasteiger partial charge in [0, 0.05) is 37.3 Å². The number of nitrogens with one attached hydrogen (secondary N) is 3. The molecule has 1 amide bonds. The molecule has 1 aromatic carbocycles. The minimum absolute atomic E-state index is 0.216. The van der Waals surface area contributed by atoms with E-state index in [-0.39, 0.29) is 24.2 Å². The maximum Gasteiger partial charge on any atom is 0.306 e. The molecule has 0 aromatic heterocycles. The third kappa shape index (κ3) is 8.47. The fourth-order valence-corrected chi connectivity index (χ4v) is 1.82. The van der Waals surface area contributed by atoms with Crippen LogP contribution in [0.15, 0.2) is 24.3 Å². The Kier molecular flexibility index (Phi) is 8.77. The number of ether oxygens (including phenoxy) is 1. The van der Waals surface area contributed by atoms with Crippen molar-refractivity contribution in [2.45, 2.75) is 26.7 Å². The van der Waals surface area contributed by atoms with E-state index in [4.69, 9.17) is 9.94 Å². The average Bonchev–Trinajstić information content (AvgIpc) is 2.55. The molecule has 8 nitrogen and oxygen atoms in total. The second-order valence-corrected chi connectivity index (χ2v) is 5.75. The zero-order chi connectivity index (χ0) is 17.9. The standard InChI is InChI=1S/C16H25N3O5/c1-12(2)3-8-16(21)24-11-15(20)18-10-9-17-13-4-6-14(7-5-13)19(22)23/h4-7,12,17,19,22H,3,8-11H2,1-2H3,(H,18,20). The molecule has 24 heavy (non-hydrogen) atoms. The van der Waals surface area contributed by atoms with Crippen molar-refractivity contribution in [1.29, 1.82) is 0 Å². The van der Waals surface area contributed by atoms with Gasteiger partial charge in [-0.05, 0) is 24.5 Å². The summed E-state index contributed by atoms with van der Waals surface area (Å²) in [6, 6.07) is 6.31. The van der Waals surface area contributed by atoms with Gasteiger partial charge in [-0.3, -0.25) is 9.59 Å². The van der Waals surface area contributed by atoms with Gasteiger partial charge in [-0.1, -0.05) is 13.8 Å². The molecule has 0 spiro atoms. The molecule has 1 unspecified atom stereocenters. The molecular weight excluding hydrogens is 314 g/mol. The largest absolute Gasteiger partial charge is 0.595 e. The van der Waals surface area contributed by atoms with Crippen LogP contribution in [0.5, 0.6) is 0 Å². The lowest BCUT2D eigenvalue weighted by Crippen LogP contribution is -2.99. The van der Waals surface area contributed by atoms with Crippen molar-refractivity contribution in [2.75, 3.05) is 25.0 Å². The van der Waals surface area contributed by atoms with E-state index >= 15 is 0 Å². The molecule has 1 rings (SSSR count). The minimum atomic E-state index is -0.975. The molecule has 1 atom stereocenters. The van der Waals surface area contributed by atoms with Gasteiger partial charge in [0.15, 0.2) is 12.3 Å². The van der Waals surface area contributed by atoms with Crippen LogP contribution in [0.1, 0.15) is 26.7 Å². The van der Waals surface area contributed by atoms with Crippen molar-refractivity contribution in [3.05, 3.63) is 29.5 Å². The SMILES string of the molecule is CC(C)CCC(=O)OCC(=O)NCCNc1ccc([NH+]([O-])O)cc1. The topological polar surface area (TPSA) is 115 Å². The predicted molar refractivity (Wildman–Crippen MR) is 88.7 cm³/mol. The Labute approximate surface area is 141 Å². The van der Waals surface area contributed by atoms with Crippen molar-refractivity contribution in [2.24, 2.45) is 5.92 Å². The molecule has 0 aliphatic carbocycles. The summed E-state index contributed by atoms with van der Waals surface area (Å²) in [5.74, 6) is -0.298. The molecule has 4 N–H and O–H groups in total. The summed E-state index contributed by atoms with van der Waals surface area (Å²) in [5.41, 5.74) is 0.975. The number of quaternary nitrogens is 1. The summed E-state index contributed by atoms with van der Waals surface area (Å²) in [6.07, 6.45) is 1.06. The van der Waals surface area contributed by atoms with Gasteiger partial charge in [-0.2, -0.15) is 5.23 Å². The van der Waals surface area contributed by atoms with Gasteiger partial charge < -0.3 is 20.6 Å². The predicted octanol–water partition coefficient (Wildman–Crippen LogP) is 0.598. The van der Waals surface area contributed by atoms with E-state index < -0.39 is 5.23 Å². The normalized spacial score (nSPS) is 11.9. The first-order valence-electron chi connectivity index (χ1n) is 7.88. The third-order valence-electron chi connectivity index (χ3n) is 3.20. The van der Waals surface area contributed by atoms with Crippen molar-refractivity contribution in [3.63, 3.8) is 0 Å². The molecule has 8 heteroatoms. The van der Waals surface area contributed by atoms with Crippen molar-refractivity contribution in [1.82, 2.24) is 5.32 Å². The number of anilines is 1. The molecule has 0 bridgehead atoms. The Balaban J connectivity index is 2.14. The number of rotatable bonds is 10. The smallest absolute Gasteiger partial charge is 0.306 e. The highest BCUT2D eigenvalue weighted by atomic mass is 16.8. The summed E-state index contributed by atoms with van der Waals surface area (Å²) in [6.45, 7) is 4.59. The first-order chi connectivity index (χ1) is 11.4. The van der Waals surface area contributed by atoms with Crippen LogP contribution in [0, 0.1) is 11.1 Å². The van der Waals surface area contributed by atoms with Crippen LogP contribution >= 0.6 is 0 Å². The van der Waals surface area contributed by atoms with Crippen molar-refractivity contribution < 1.29 is 24.8 Å². The van der Waals surface area contributed by atoms with E-state index in [2.05, 4.69) is 10.6 Å². The minimum Gasteiger partial charge on any atom is -0.595 e. The number of amides is 1. The second kappa shape index (κ2) is 10.6. The Morgan fingerprint density at radius 3 is 2.50 bits per heavy atom. The molecule has 0 saturated carbocycles. The van der Waals surface area contributed by atoms with Crippen molar-refractivity contribution >= 4 is 23.3 Å². The zero-order valence-electron chi connectivity index (χ0n) is 14.0. The molecule has 0 fully saturated rings. The second-order valence-electron chi connectivity index (χ2n) is 5.75. The van der Waals surface area contributed by atoms with Crippen LogP contribution in [0.25, 0.3) is 0 Å². The zero-order valence-corrected chi connectivity index (χ0v) is 14.0. The molecule has 0 aliphatic heterocycles. The summed E-state index contributed by atoms with van der Waals surface area (Å²) >= 11 is 0. The first-order valence-corrected chi connectivity index (χ1v) is 7.88. The van der Waals surface area contributed by atoms with Gasteiger partial charge in [0.1, 0.15) is 0 Å². The first kappa shape index (κ1) is 19.9. The Hall–Kier alpha value is -2.16. The van der Waals surface area contributed by atoms with Crippen LogP contribution < -0.4 is 15.9 Å². The maximum atomic E-state index is 11.5. The van der Waals surface area contributed by atoms with Crippen LogP contribution in [0.4, 0.5) is 11.4 Å². The van der Waals surface area contributed by atoms with Gasteiger partial charge >= 0.3 is 5.97 Å². The quantitative estimate of drug-likeness (QED) is 0.282. The number of hydrogen-bond donors (Lipinski definition) is 4. The molecule has 134 valence electrons. The Morgan fingerprint density at radius 2 is 1.92 bits per heavy atom. The summed E-state index contributed by atoms with van der Waals surface area (Å²) < 4.78 is 4.88. The number of carbonyl (C=O) groups is 2. The lowest BCUT2D eigenvalue weighted by Gasteiger charge is -2.12. The van der Waals surface area contributed by atoms with Gasteiger partial charge in [0.2, 0.25) is 0 Å². The van der Waals surface area contributed by atoms with Gasteiger partial charge in [0.05, 0.1) is 0 Å². The van der Waals surface area contributed by atoms with E-state index in [1.165, 1.54) is 12.1 Å². The van der Waals surface area contributed by atoms with Crippen LogP contribution in [-0.2, 0) is 14.3 Å². The monoisotopic (exact) mass is 339 g/mol. The Morgan fingerprint density at radius 1 is 1.25 bits per heavy atom. The van der Waals surface area contributed by atoms with E-state index in [1.807, 2.05) is 13.8 Å². The molecular formula is C16H25N3O5. The fraction of sp³-hybridized carbons (Fsp3) is 0.500. The van der Waals surface area contributed by atoms with E-state index in [1.54, 1.807) is 12.1 Å². The molecule has 0 aliphatic rings. The van der Waals surface area contributed by atoms with Gasteiger partial charge in [-0.25, -0.2) is 5.21 Å². The van der Waals surface area contributed by atoms with Gasteiger partial charge in [-0.15, -0.1) is 0 Å². The number of esters is 1. The van der Waals surface area contributed by atoms with Crippen LogP contribution in [0.2, 0.25) is 0 Å². The summed E-state index contributed by atoms with van der Waals surface area (Å²) in [5, 5.41) is 24.2. The summed E-state index contributed by atoms with van der Waals surface area (Å²) in [7, 11) is 0. The third-order valence-corrected chi connectivity index (χ3v) is 3.20. The highest BCUT2D eigenvalue weighted by Gasteiger charge is 2.08. The van der Waals surface area contributed by atoms with Crippen molar-refractivity contribution in [3.8, 4) is 0 Å². The van der Waals surface area contributed by atoms with E-state index in [0.717, 1.165) is 12.1 Å². The fourth-order valence-electron chi connectivity index (χ4n) is 1.82. The molecule has 0 radical (unpaired) electrons. The van der Waals surface area contributed by atoms with Crippen LogP contribution in [-0.4, -0.2) is 36.8 Å². The van der Waals surface area contributed by atoms with E-state index in [0.29, 0.717) is 25.4 Å². The molecule has 0 saturated heterocycles. The highest BCUT2D eigenvalue weighted by Crippen LogP contribution is 2.09. The molecule has 1 aromatic rings. The maximum absolute atomic E-state index is 11.5. The highest BCUT2D eigenvalue weighted by molar-refractivity contribution is 5.80. The van der Waals surface area contributed by atoms with E-state index in [9.17, 15) is 14.8 Å². The van der Waals surface area contributed by atoms with Crippen LogP contribution in [0.3, 0.4) is 0 Å². The molecule has 0 heterocycles. The number of carbonyl (C=O) groups excluding carboxylic acids is 2. The van der Waals surface area contributed by atoms with Gasteiger partial charge in [0.25, 0.3) is 5.91 Å². The lowest BCUT2D eigenvalue weighted by atomic mass is 10.1. The lowest BCUT2D eigenvalue weighted by molar-refractivity contribution is -0.991. The average molecular weight is 339 g/mol. The number of hydrogen-bond acceptors (Lipinski definition) is 6. The number of benzene rings is 1.